The third-order valence-electron chi connectivity index (χ3n) is 7.11. The number of benzene rings is 3. The number of hydrogen-bond donors (Lipinski definition) is 2. The lowest BCUT2D eigenvalue weighted by molar-refractivity contribution is -0.137. The lowest BCUT2D eigenvalue weighted by Crippen LogP contribution is -2.31. The van der Waals surface area contributed by atoms with Crippen LogP contribution in [-0.4, -0.2) is 37.5 Å². The SMILES string of the molecule is CCc1cc2c(s1)-n1c(nnc1[C@@H](CCC(=O)O)NC(=O)c1ccc3ccccc3c1)CN=C2c1ccccc1Cl. The highest BCUT2D eigenvalue weighted by molar-refractivity contribution is 7.15. The first-order valence-electron chi connectivity index (χ1n) is 13.3. The van der Waals surface area contributed by atoms with Crippen LogP contribution in [0.3, 0.4) is 0 Å². The normalized spacial score (nSPS) is 13.2. The number of carboxylic acids is 1. The fourth-order valence-electron chi connectivity index (χ4n) is 5.05. The first-order chi connectivity index (χ1) is 19.9. The summed E-state index contributed by atoms with van der Waals surface area (Å²) in [5, 5.41) is 24.9. The van der Waals surface area contributed by atoms with Crippen LogP contribution >= 0.6 is 22.9 Å². The Labute approximate surface area is 245 Å². The van der Waals surface area contributed by atoms with Crippen LogP contribution in [0.15, 0.2) is 77.8 Å². The summed E-state index contributed by atoms with van der Waals surface area (Å²) in [6.45, 7) is 2.34. The molecular formula is C31H26ClN5O3S. The Hall–Kier alpha value is -4.34. The molecule has 3 heterocycles. The number of hydrogen-bond acceptors (Lipinski definition) is 6. The number of nitrogens with zero attached hydrogens (tertiary/aromatic N) is 4. The number of nitrogens with one attached hydrogen (secondary N) is 1. The van der Waals surface area contributed by atoms with Gasteiger partial charge in [0.1, 0.15) is 11.5 Å². The van der Waals surface area contributed by atoms with Crippen LogP contribution in [-0.2, 0) is 17.8 Å². The van der Waals surface area contributed by atoms with E-state index in [1.54, 1.807) is 17.4 Å². The molecule has 0 unspecified atom stereocenters. The molecule has 1 aliphatic rings. The zero-order chi connectivity index (χ0) is 28.5. The van der Waals surface area contributed by atoms with Crippen molar-refractivity contribution in [2.24, 2.45) is 4.99 Å². The van der Waals surface area contributed by atoms with Gasteiger partial charge in [-0.2, -0.15) is 0 Å². The molecule has 2 N–H and O–H groups in total. The highest BCUT2D eigenvalue weighted by atomic mass is 35.5. The van der Waals surface area contributed by atoms with Crippen molar-refractivity contribution in [1.29, 1.82) is 0 Å². The maximum absolute atomic E-state index is 13.5. The summed E-state index contributed by atoms with van der Waals surface area (Å²) >= 11 is 8.20. The Balaban J connectivity index is 1.42. The van der Waals surface area contributed by atoms with Crippen molar-refractivity contribution in [3.8, 4) is 5.00 Å². The average molecular weight is 584 g/mol. The molecule has 0 saturated carbocycles. The van der Waals surface area contributed by atoms with Gasteiger partial charge in [0.15, 0.2) is 11.6 Å². The summed E-state index contributed by atoms with van der Waals surface area (Å²) in [6, 6.07) is 22.3. The molecule has 206 valence electrons. The maximum atomic E-state index is 13.5. The van der Waals surface area contributed by atoms with Gasteiger partial charge in [0.25, 0.3) is 5.91 Å². The average Bonchev–Trinajstić information content (AvgIpc) is 3.56. The van der Waals surface area contributed by atoms with Gasteiger partial charge in [-0.1, -0.05) is 67.1 Å². The number of aromatic nitrogens is 3. The molecule has 10 heteroatoms. The first kappa shape index (κ1) is 26.9. The van der Waals surface area contributed by atoms with E-state index in [4.69, 9.17) is 16.6 Å². The molecule has 1 amide bonds. The highest BCUT2D eigenvalue weighted by Crippen LogP contribution is 2.36. The predicted octanol–water partition coefficient (Wildman–Crippen LogP) is 6.38. The molecule has 3 aromatic carbocycles. The molecule has 0 aliphatic carbocycles. The molecule has 6 rings (SSSR count). The predicted molar refractivity (Wildman–Crippen MR) is 160 cm³/mol. The van der Waals surface area contributed by atoms with Crippen molar-refractivity contribution in [1.82, 2.24) is 20.1 Å². The Morgan fingerprint density at radius 1 is 1.02 bits per heavy atom. The van der Waals surface area contributed by atoms with Gasteiger partial charge in [-0.05, 0) is 47.9 Å². The molecule has 0 saturated heterocycles. The molecular weight excluding hydrogens is 558 g/mol. The number of amides is 1. The topological polar surface area (TPSA) is 109 Å². The summed E-state index contributed by atoms with van der Waals surface area (Å²) in [5.41, 5.74) is 2.97. The van der Waals surface area contributed by atoms with Crippen LogP contribution in [0.5, 0.6) is 0 Å². The number of thiophene rings is 1. The molecule has 8 nitrogen and oxygen atoms in total. The van der Waals surface area contributed by atoms with E-state index in [9.17, 15) is 14.7 Å². The van der Waals surface area contributed by atoms with Gasteiger partial charge in [0, 0.05) is 33.0 Å². The first-order valence-corrected chi connectivity index (χ1v) is 14.5. The number of aliphatic imine (C=N–C) groups is 1. The van der Waals surface area contributed by atoms with E-state index < -0.39 is 12.0 Å². The monoisotopic (exact) mass is 583 g/mol. The fraction of sp³-hybridized carbons (Fsp3) is 0.194. The van der Waals surface area contributed by atoms with E-state index in [2.05, 4.69) is 28.5 Å². The van der Waals surface area contributed by atoms with Gasteiger partial charge in [-0.25, -0.2) is 0 Å². The quantitative estimate of drug-likeness (QED) is 0.220. The Bertz CT molecular complexity index is 1830. The van der Waals surface area contributed by atoms with Gasteiger partial charge in [-0.15, -0.1) is 21.5 Å². The summed E-state index contributed by atoms with van der Waals surface area (Å²) in [4.78, 5) is 31.1. The van der Waals surface area contributed by atoms with E-state index >= 15 is 0 Å². The molecule has 0 radical (unpaired) electrons. The minimum absolute atomic E-state index is 0.145. The van der Waals surface area contributed by atoms with Gasteiger partial charge in [0.2, 0.25) is 0 Å². The molecule has 1 aliphatic heterocycles. The summed E-state index contributed by atoms with van der Waals surface area (Å²) in [7, 11) is 0. The summed E-state index contributed by atoms with van der Waals surface area (Å²) in [5.74, 6) is -0.199. The molecule has 0 bridgehead atoms. The molecule has 2 aromatic heterocycles. The second-order valence-electron chi connectivity index (χ2n) is 9.76. The van der Waals surface area contributed by atoms with E-state index in [-0.39, 0.29) is 25.3 Å². The van der Waals surface area contributed by atoms with Crippen molar-refractivity contribution in [2.45, 2.75) is 38.8 Å². The zero-order valence-corrected chi connectivity index (χ0v) is 23.7. The maximum Gasteiger partial charge on any atom is 0.303 e. The number of carbonyl (C=O) groups excluding carboxylic acids is 1. The number of halogens is 1. The van der Waals surface area contributed by atoms with Gasteiger partial charge in [-0.3, -0.25) is 19.1 Å². The number of aliphatic carboxylic acids is 1. The lowest BCUT2D eigenvalue weighted by atomic mass is 10.0. The summed E-state index contributed by atoms with van der Waals surface area (Å²) < 4.78 is 1.93. The van der Waals surface area contributed by atoms with E-state index in [0.29, 0.717) is 22.2 Å². The minimum atomic E-state index is -0.958. The Kier molecular flexibility index (Phi) is 7.38. The number of carbonyl (C=O) groups is 2. The minimum Gasteiger partial charge on any atom is -0.481 e. The second kappa shape index (κ2) is 11.3. The number of rotatable bonds is 8. The third kappa shape index (κ3) is 5.26. The summed E-state index contributed by atoms with van der Waals surface area (Å²) in [6.07, 6.45) is 0.817. The molecule has 0 spiro atoms. The highest BCUT2D eigenvalue weighted by Gasteiger charge is 2.30. The van der Waals surface area contributed by atoms with Gasteiger partial charge < -0.3 is 10.4 Å². The standard InChI is InChI=1S/C31H26ClN5O3S/c1-2-21-16-23-28(22-9-5-6-10-24(22)32)33-17-26-35-36-29(37(26)31(23)41-21)25(13-14-27(38)39)34-30(40)20-12-11-18-7-3-4-8-19(18)15-20/h3-12,15-16,25H,2,13-14,17H2,1H3,(H,34,40)(H,38,39)/t25-/m1/s1. The Morgan fingerprint density at radius 3 is 2.59 bits per heavy atom. The molecule has 5 aromatic rings. The largest absolute Gasteiger partial charge is 0.481 e. The number of aryl methyl sites for hydroxylation is 1. The van der Waals surface area contributed by atoms with E-state index in [1.807, 2.05) is 65.2 Å². The van der Waals surface area contributed by atoms with E-state index in [0.717, 1.165) is 43.9 Å². The fourth-order valence-corrected chi connectivity index (χ4v) is 6.40. The van der Waals surface area contributed by atoms with Crippen LogP contribution in [0.1, 0.15) is 63.8 Å². The lowest BCUT2D eigenvalue weighted by Gasteiger charge is -2.19. The molecule has 1 atom stereocenters. The van der Waals surface area contributed by atoms with Crippen LogP contribution in [0.25, 0.3) is 15.8 Å². The van der Waals surface area contributed by atoms with Crippen LogP contribution in [0.2, 0.25) is 5.02 Å². The van der Waals surface area contributed by atoms with Crippen LogP contribution in [0, 0.1) is 0 Å². The third-order valence-corrected chi connectivity index (χ3v) is 8.70. The number of carboxylic acid groups (broad SMARTS) is 1. The second-order valence-corrected chi connectivity index (χ2v) is 11.3. The molecule has 41 heavy (non-hydrogen) atoms. The van der Waals surface area contributed by atoms with E-state index in [1.165, 1.54) is 0 Å². The van der Waals surface area contributed by atoms with Crippen molar-refractivity contribution in [3.05, 3.63) is 111 Å². The van der Waals surface area contributed by atoms with Crippen molar-refractivity contribution >= 4 is 51.3 Å². The van der Waals surface area contributed by atoms with Gasteiger partial charge >= 0.3 is 5.97 Å². The van der Waals surface area contributed by atoms with Crippen molar-refractivity contribution < 1.29 is 14.7 Å². The van der Waals surface area contributed by atoms with Crippen LogP contribution in [0.4, 0.5) is 0 Å². The van der Waals surface area contributed by atoms with Crippen LogP contribution < -0.4 is 5.32 Å². The van der Waals surface area contributed by atoms with Crippen molar-refractivity contribution in [3.63, 3.8) is 0 Å². The smallest absolute Gasteiger partial charge is 0.303 e. The zero-order valence-electron chi connectivity index (χ0n) is 22.2. The van der Waals surface area contributed by atoms with Gasteiger partial charge in [0.05, 0.1) is 11.8 Å². The van der Waals surface area contributed by atoms with Crippen molar-refractivity contribution in [2.75, 3.05) is 0 Å². The Morgan fingerprint density at radius 2 is 1.80 bits per heavy atom. The number of fused-ring (bicyclic) bond motifs is 4. The molecule has 0 fully saturated rings.